The fraction of sp³-hybridized carbons (Fsp3) is 0.500. The van der Waals surface area contributed by atoms with E-state index in [0.29, 0.717) is 25.4 Å². The Morgan fingerprint density at radius 1 is 1.30 bits per heavy atom. The molecule has 1 aromatic rings. The second-order valence-electron chi connectivity index (χ2n) is 5.92. The van der Waals surface area contributed by atoms with E-state index in [2.05, 4.69) is 4.98 Å². The van der Waals surface area contributed by atoms with Gasteiger partial charge in [-0.25, -0.2) is 4.98 Å². The zero-order chi connectivity index (χ0) is 16.4. The molecule has 0 aliphatic carbocycles. The number of aryl methyl sites for hydroxylation is 1. The zero-order valence-electron chi connectivity index (χ0n) is 13.0. The van der Waals surface area contributed by atoms with Crippen LogP contribution in [-0.2, 0) is 14.4 Å². The fourth-order valence-electron chi connectivity index (χ4n) is 2.78. The van der Waals surface area contributed by atoms with E-state index in [1.807, 2.05) is 13.0 Å². The maximum Gasteiger partial charge on any atom is 0.242 e. The van der Waals surface area contributed by atoms with E-state index < -0.39 is 0 Å². The largest absolute Gasteiger partial charge is 0.472 e. The first-order valence-electron chi connectivity index (χ1n) is 7.73. The molecule has 0 N–H and O–H groups in total. The van der Waals surface area contributed by atoms with Crippen LogP contribution in [0.25, 0.3) is 0 Å². The summed E-state index contributed by atoms with van der Waals surface area (Å²) in [6, 6.07) is 3.73. The fourth-order valence-corrected chi connectivity index (χ4v) is 2.78. The van der Waals surface area contributed by atoms with Gasteiger partial charge in [-0.15, -0.1) is 0 Å². The Morgan fingerprint density at radius 2 is 2.04 bits per heavy atom. The summed E-state index contributed by atoms with van der Waals surface area (Å²) in [6.07, 6.45) is 2.74. The van der Waals surface area contributed by atoms with Gasteiger partial charge in [-0.3, -0.25) is 19.3 Å². The van der Waals surface area contributed by atoms with Gasteiger partial charge in [0.05, 0.1) is 6.54 Å². The normalized spacial score (nSPS) is 21.2. The van der Waals surface area contributed by atoms with E-state index in [1.54, 1.807) is 17.2 Å². The van der Waals surface area contributed by atoms with Crippen molar-refractivity contribution in [3.8, 4) is 5.88 Å². The van der Waals surface area contributed by atoms with Gasteiger partial charge in [0.1, 0.15) is 12.6 Å². The minimum atomic E-state index is -0.265. The van der Waals surface area contributed by atoms with Crippen LogP contribution < -0.4 is 4.74 Å². The van der Waals surface area contributed by atoms with Crippen molar-refractivity contribution in [3.05, 3.63) is 23.9 Å². The molecule has 3 rings (SSSR count). The summed E-state index contributed by atoms with van der Waals surface area (Å²) in [4.78, 5) is 42.3. The number of nitrogens with zero attached hydrogens (tertiary/aromatic N) is 3. The highest BCUT2D eigenvalue weighted by molar-refractivity contribution is 6.04. The average molecular weight is 317 g/mol. The van der Waals surface area contributed by atoms with Gasteiger partial charge in [-0.2, -0.15) is 0 Å². The Kier molecular flexibility index (Phi) is 4.27. The third-order valence-corrected chi connectivity index (χ3v) is 4.12. The van der Waals surface area contributed by atoms with Gasteiger partial charge in [-0.05, 0) is 12.5 Å². The van der Waals surface area contributed by atoms with Crippen molar-refractivity contribution in [1.82, 2.24) is 14.8 Å². The van der Waals surface area contributed by atoms with E-state index >= 15 is 0 Å². The summed E-state index contributed by atoms with van der Waals surface area (Å²) < 4.78 is 5.77. The Hall–Kier alpha value is -2.44. The lowest BCUT2D eigenvalue weighted by Crippen LogP contribution is -2.42. The summed E-state index contributed by atoms with van der Waals surface area (Å²) in [7, 11) is 0. The lowest BCUT2D eigenvalue weighted by atomic mass is 10.3. The highest BCUT2D eigenvalue weighted by atomic mass is 16.5. The van der Waals surface area contributed by atoms with Gasteiger partial charge < -0.3 is 9.64 Å². The van der Waals surface area contributed by atoms with Crippen LogP contribution in [0.5, 0.6) is 5.88 Å². The van der Waals surface area contributed by atoms with E-state index in [0.717, 1.165) is 10.5 Å². The van der Waals surface area contributed by atoms with Crippen molar-refractivity contribution in [2.45, 2.75) is 32.3 Å². The molecule has 2 fully saturated rings. The Morgan fingerprint density at radius 3 is 2.70 bits per heavy atom. The lowest BCUT2D eigenvalue weighted by molar-refractivity contribution is -0.145. The van der Waals surface area contributed by atoms with Crippen LogP contribution in [0.3, 0.4) is 0 Å². The predicted octanol–water partition coefficient (Wildman–Crippen LogP) is 0.519. The number of likely N-dealkylation sites (tertiary alicyclic amines) is 2. The summed E-state index contributed by atoms with van der Waals surface area (Å²) in [5.41, 5.74) is 1.06. The van der Waals surface area contributed by atoms with Crippen LogP contribution in [0, 0.1) is 6.92 Å². The van der Waals surface area contributed by atoms with Gasteiger partial charge >= 0.3 is 0 Å². The molecule has 2 aliphatic rings. The molecule has 0 saturated carbocycles. The Labute approximate surface area is 134 Å². The number of ether oxygens (including phenoxy) is 1. The van der Waals surface area contributed by atoms with E-state index in [-0.39, 0.29) is 43.2 Å². The van der Waals surface area contributed by atoms with Crippen molar-refractivity contribution in [2.24, 2.45) is 0 Å². The molecular formula is C16H19N3O4. The quantitative estimate of drug-likeness (QED) is 0.756. The third kappa shape index (κ3) is 3.49. The number of amides is 3. The molecule has 3 amide bonds. The molecule has 7 heteroatoms. The molecule has 1 aromatic heterocycles. The minimum Gasteiger partial charge on any atom is -0.472 e. The van der Waals surface area contributed by atoms with Crippen molar-refractivity contribution >= 4 is 17.7 Å². The van der Waals surface area contributed by atoms with Crippen molar-refractivity contribution in [1.29, 1.82) is 0 Å². The number of hydrogen-bond acceptors (Lipinski definition) is 5. The van der Waals surface area contributed by atoms with Gasteiger partial charge in [-0.1, -0.05) is 6.07 Å². The Bertz CT molecular complexity index is 613. The third-order valence-electron chi connectivity index (χ3n) is 4.12. The zero-order valence-corrected chi connectivity index (χ0v) is 13.0. The smallest absolute Gasteiger partial charge is 0.242 e. The highest BCUT2D eigenvalue weighted by Gasteiger charge is 2.34. The van der Waals surface area contributed by atoms with Gasteiger partial charge in [0.15, 0.2) is 0 Å². The van der Waals surface area contributed by atoms with E-state index in [1.165, 1.54) is 0 Å². The SMILES string of the molecule is Cc1ccc(OC2CCN(C(=O)CN3C(=O)CCC3=O)C2)nc1. The summed E-state index contributed by atoms with van der Waals surface area (Å²) in [6.45, 7) is 2.80. The molecule has 2 saturated heterocycles. The summed E-state index contributed by atoms with van der Waals surface area (Å²) in [5.74, 6) is -0.199. The first kappa shape index (κ1) is 15.5. The number of pyridine rings is 1. The molecule has 3 heterocycles. The number of carbonyl (C=O) groups is 3. The molecule has 122 valence electrons. The second kappa shape index (κ2) is 6.36. The molecule has 1 unspecified atom stereocenters. The molecule has 0 radical (unpaired) electrons. The number of imide groups is 1. The first-order chi connectivity index (χ1) is 11.0. The van der Waals surface area contributed by atoms with Gasteiger partial charge in [0.25, 0.3) is 0 Å². The van der Waals surface area contributed by atoms with Crippen molar-refractivity contribution in [2.75, 3.05) is 19.6 Å². The molecule has 1 atom stereocenters. The summed E-state index contributed by atoms with van der Waals surface area (Å²) in [5, 5.41) is 0. The second-order valence-corrected chi connectivity index (χ2v) is 5.92. The van der Waals surface area contributed by atoms with Crippen molar-refractivity contribution < 1.29 is 19.1 Å². The van der Waals surface area contributed by atoms with Gasteiger partial charge in [0.2, 0.25) is 23.6 Å². The molecular weight excluding hydrogens is 298 g/mol. The first-order valence-corrected chi connectivity index (χ1v) is 7.73. The van der Waals surface area contributed by atoms with Crippen LogP contribution >= 0.6 is 0 Å². The minimum absolute atomic E-state index is 0.112. The number of carbonyl (C=O) groups excluding carboxylic acids is 3. The molecule has 23 heavy (non-hydrogen) atoms. The summed E-state index contributed by atoms with van der Waals surface area (Å²) >= 11 is 0. The van der Waals surface area contributed by atoms with Crippen LogP contribution in [0.2, 0.25) is 0 Å². The Balaban J connectivity index is 1.52. The van der Waals surface area contributed by atoms with Crippen LogP contribution in [0.15, 0.2) is 18.3 Å². The molecule has 7 nitrogen and oxygen atoms in total. The number of hydrogen-bond donors (Lipinski definition) is 0. The molecule has 2 aliphatic heterocycles. The standard InChI is InChI=1S/C16H19N3O4/c1-11-2-3-13(17-8-11)23-12-6-7-18(9-12)16(22)10-19-14(20)4-5-15(19)21/h2-3,8,12H,4-7,9-10H2,1H3. The lowest BCUT2D eigenvalue weighted by Gasteiger charge is -2.20. The predicted molar refractivity (Wildman–Crippen MR) is 80.5 cm³/mol. The maximum absolute atomic E-state index is 12.2. The number of aromatic nitrogens is 1. The van der Waals surface area contributed by atoms with Crippen LogP contribution in [0.1, 0.15) is 24.8 Å². The van der Waals surface area contributed by atoms with Crippen molar-refractivity contribution in [3.63, 3.8) is 0 Å². The van der Waals surface area contributed by atoms with E-state index in [4.69, 9.17) is 4.74 Å². The molecule has 0 bridgehead atoms. The average Bonchev–Trinajstić information content (AvgIpc) is 3.11. The van der Waals surface area contributed by atoms with Gasteiger partial charge in [0, 0.05) is 38.1 Å². The van der Waals surface area contributed by atoms with E-state index in [9.17, 15) is 14.4 Å². The van der Waals surface area contributed by atoms with Crippen LogP contribution in [0.4, 0.5) is 0 Å². The molecule has 0 spiro atoms. The maximum atomic E-state index is 12.2. The number of rotatable bonds is 4. The molecule has 0 aromatic carbocycles. The topological polar surface area (TPSA) is 79.8 Å². The van der Waals surface area contributed by atoms with Crippen LogP contribution in [-0.4, -0.2) is 58.2 Å². The monoisotopic (exact) mass is 317 g/mol. The highest BCUT2D eigenvalue weighted by Crippen LogP contribution is 2.18.